The molecule has 20 heavy (non-hydrogen) atoms. The summed E-state index contributed by atoms with van der Waals surface area (Å²) in [5.74, 6) is 0.457. The molecule has 2 rings (SSSR count). The molecule has 1 aliphatic carbocycles. The van der Waals surface area contributed by atoms with Crippen molar-refractivity contribution in [2.75, 3.05) is 0 Å². The molecule has 3 heteroatoms. The van der Waals surface area contributed by atoms with Gasteiger partial charge in [-0.25, -0.2) is 0 Å². The fourth-order valence-electron chi connectivity index (χ4n) is 3.10. The maximum absolute atomic E-state index is 6.40. The van der Waals surface area contributed by atoms with Gasteiger partial charge in [0, 0.05) is 23.2 Å². The van der Waals surface area contributed by atoms with Gasteiger partial charge >= 0.3 is 0 Å². The van der Waals surface area contributed by atoms with Gasteiger partial charge in [-0.05, 0) is 60.6 Å². The van der Waals surface area contributed by atoms with Crippen LogP contribution < -0.4 is 11.5 Å². The SMILES string of the molecule is CCC(/C=C\N)=C(/N)c1cnc2c(c1C(C)C)CCC2. The molecular formula is C17H25N3. The maximum Gasteiger partial charge on any atom is 0.0439 e. The minimum absolute atomic E-state index is 0.457. The molecule has 1 heterocycles. The molecule has 1 aromatic rings. The maximum atomic E-state index is 6.40. The topological polar surface area (TPSA) is 64.9 Å². The van der Waals surface area contributed by atoms with Crippen LogP contribution in [0.4, 0.5) is 0 Å². The summed E-state index contributed by atoms with van der Waals surface area (Å²) in [4.78, 5) is 4.63. The first-order valence-corrected chi connectivity index (χ1v) is 7.48. The fourth-order valence-corrected chi connectivity index (χ4v) is 3.10. The molecule has 0 atom stereocenters. The molecule has 0 aromatic carbocycles. The number of aromatic nitrogens is 1. The number of rotatable bonds is 4. The van der Waals surface area contributed by atoms with Crippen LogP contribution in [0.2, 0.25) is 0 Å². The summed E-state index contributed by atoms with van der Waals surface area (Å²) < 4.78 is 0. The molecule has 1 aromatic heterocycles. The van der Waals surface area contributed by atoms with E-state index in [1.54, 1.807) is 6.20 Å². The predicted molar refractivity (Wildman–Crippen MR) is 85.1 cm³/mol. The molecule has 0 saturated carbocycles. The quantitative estimate of drug-likeness (QED) is 0.826. The first kappa shape index (κ1) is 14.6. The normalized spacial score (nSPS) is 15.8. The third-order valence-corrected chi connectivity index (χ3v) is 4.05. The van der Waals surface area contributed by atoms with E-state index in [4.69, 9.17) is 11.5 Å². The highest BCUT2D eigenvalue weighted by Crippen LogP contribution is 2.34. The summed E-state index contributed by atoms with van der Waals surface area (Å²) in [6.45, 7) is 6.56. The van der Waals surface area contributed by atoms with Gasteiger partial charge in [0.25, 0.3) is 0 Å². The van der Waals surface area contributed by atoms with Gasteiger partial charge in [0.05, 0.1) is 0 Å². The summed E-state index contributed by atoms with van der Waals surface area (Å²) in [6, 6.07) is 0. The van der Waals surface area contributed by atoms with Crippen molar-refractivity contribution in [2.24, 2.45) is 11.5 Å². The number of nitrogens with two attached hydrogens (primary N) is 2. The van der Waals surface area contributed by atoms with Gasteiger partial charge in [-0.3, -0.25) is 4.98 Å². The Bertz CT molecular complexity index is 554. The Labute approximate surface area is 121 Å². The van der Waals surface area contributed by atoms with Gasteiger partial charge < -0.3 is 11.5 Å². The zero-order chi connectivity index (χ0) is 14.7. The number of hydrogen-bond acceptors (Lipinski definition) is 3. The van der Waals surface area contributed by atoms with Gasteiger partial charge in [-0.15, -0.1) is 0 Å². The Hall–Kier alpha value is -1.77. The molecule has 0 radical (unpaired) electrons. The highest BCUT2D eigenvalue weighted by Gasteiger charge is 2.22. The van der Waals surface area contributed by atoms with Crippen molar-refractivity contribution in [3.8, 4) is 0 Å². The highest BCUT2D eigenvalue weighted by molar-refractivity contribution is 5.71. The Morgan fingerprint density at radius 1 is 1.40 bits per heavy atom. The summed E-state index contributed by atoms with van der Waals surface area (Å²) >= 11 is 0. The first-order chi connectivity index (χ1) is 9.60. The smallest absolute Gasteiger partial charge is 0.0439 e. The first-order valence-electron chi connectivity index (χ1n) is 7.48. The van der Waals surface area contributed by atoms with Crippen molar-refractivity contribution < 1.29 is 0 Å². The molecule has 108 valence electrons. The van der Waals surface area contributed by atoms with Crippen LogP contribution in [0, 0.1) is 0 Å². The minimum atomic E-state index is 0.457. The van der Waals surface area contributed by atoms with E-state index < -0.39 is 0 Å². The predicted octanol–water partition coefficient (Wildman–Crippen LogP) is 3.25. The van der Waals surface area contributed by atoms with Gasteiger partial charge in [-0.2, -0.15) is 0 Å². The lowest BCUT2D eigenvalue weighted by Gasteiger charge is -2.19. The van der Waals surface area contributed by atoms with Gasteiger partial charge in [0.15, 0.2) is 0 Å². The van der Waals surface area contributed by atoms with Crippen molar-refractivity contribution >= 4 is 5.70 Å². The van der Waals surface area contributed by atoms with E-state index >= 15 is 0 Å². The van der Waals surface area contributed by atoms with Crippen LogP contribution in [-0.4, -0.2) is 4.98 Å². The highest BCUT2D eigenvalue weighted by atomic mass is 14.7. The van der Waals surface area contributed by atoms with Crippen LogP contribution in [0.25, 0.3) is 5.70 Å². The van der Waals surface area contributed by atoms with E-state index in [1.165, 1.54) is 23.2 Å². The molecule has 0 aliphatic heterocycles. The van der Waals surface area contributed by atoms with Crippen molar-refractivity contribution in [1.82, 2.24) is 4.98 Å². The van der Waals surface area contributed by atoms with E-state index in [9.17, 15) is 0 Å². The van der Waals surface area contributed by atoms with E-state index in [2.05, 4.69) is 25.8 Å². The Morgan fingerprint density at radius 2 is 2.15 bits per heavy atom. The number of allylic oxidation sites excluding steroid dienone is 2. The number of nitrogens with zero attached hydrogens (tertiary/aromatic N) is 1. The molecule has 0 amide bonds. The zero-order valence-corrected chi connectivity index (χ0v) is 12.7. The van der Waals surface area contributed by atoms with Crippen molar-refractivity contribution in [1.29, 1.82) is 0 Å². The third-order valence-electron chi connectivity index (χ3n) is 4.05. The summed E-state index contributed by atoms with van der Waals surface area (Å²) in [5.41, 5.74) is 19.0. The third kappa shape index (κ3) is 2.58. The van der Waals surface area contributed by atoms with Crippen LogP contribution in [0.1, 0.15) is 61.9 Å². The van der Waals surface area contributed by atoms with Crippen molar-refractivity contribution in [3.63, 3.8) is 0 Å². The van der Waals surface area contributed by atoms with Crippen LogP contribution in [0.3, 0.4) is 0 Å². The summed E-state index contributed by atoms with van der Waals surface area (Å²) in [7, 11) is 0. The van der Waals surface area contributed by atoms with E-state index in [0.29, 0.717) is 5.92 Å². The van der Waals surface area contributed by atoms with Gasteiger partial charge in [0.1, 0.15) is 0 Å². The second kappa shape index (κ2) is 6.12. The van der Waals surface area contributed by atoms with Gasteiger partial charge in [-0.1, -0.05) is 20.8 Å². The molecule has 1 aliphatic rings. The number of fused-ring (bicyclic) bond motifs is 1. The summed E-state index contributed by atoms with van der Waals surface area (Å²) in [6.07, 6.45) is 9.71. The Kier molecular flexibility index (Phi) is 4.48. The lowest BCUT2D eigenvalue weighted by atomic mass is 9.90. The monoisotopic (exact) mass is 271 g/mol. The van der Waals surface area contributed by atoms with Crippen molar-refractivity contribution in [2.45, 2.75) is 52.4 Å². The standard InChI is InChI=1S/C17H25N3/c1-4-12(8-9-18)17(19)14-10-20-15-7-5-6-13(15)16(14)11(2)3/h8-11H,4-7,18-19H2,1-3H3/b9-8-,17-12-. The minimum Gasteiger partial charge on any atom is -0.405 e. The molecule has 3 nitrogen and oxygen atoms in total. The average molecular weight is 271 g/mol. The van der Waals surface area contributed by atoms with Crippen LogP contribution in [0.5, 0.6) is 0 Å². The van der Waals surface area contributed by atoms with E-state index in [-0.39, 0.29) is 0 Å². The number of aryl methyl sites for hydroxylation is 1. The number of hydrogen-bond donors (Lipinski definition) is 2. The molecule has 4 N–H and O–H groups in total. The number of pyridine rings is 1. The Morgan fingerprint density at radius 3 is 2.75 bits per heavy atom. The lowest BCUT2D eigenvalue weighted by molar-refractivity contribution is 0.832. The van der Waals surface area contributed by atoms with E-state index in [0.717, 1.165) is 36.1 Å². The summed E-state index contributed by atoms with van der Waals surface area (Å²) in [5, 5.41) is 0. The van der Waals surface area contributed by atoms with Crippen LogP contribution in [-0.2, 0) is 12.8 Å². The second-order valence-corrected chi connectivity index (χ2v) is 5.67. The molecule has 0 unspecified atom stereocenters. The van der Waals surface area contributed by atoms with Crippen molar-refractivity contribution in [3.05, 3.63) is 46.4 Å². The Balaban J connectivity index is 2.63. The fraction of sp³-hybridized carbons (Fsp3) is 0.471. The molecule has 0 bridgehead atoms. The lowest BCUT2D eigenvalue weighted by Crippen LogP contribution is -2.09. The van der Waals surface area contributed by atoms with Gasteiger partial charge in [0.2, 0.25) is 0 Å². The molecule has 0 saturated heterocycles. The molecule has 0 spiro atoms. The average Bonchev–Trinajstić information content (AvgIpc) is 2.90. The molecule has 0 fully saturated rings. The van der Waals surface area contributed by atoms with Crippen LogP contribution >= 0.6 is 0 Å². The second-order valence-electron chi connectivity index (χ2n) is 5.67. The zero-order valence-electron chi connectivity index (χ0n) is 12.7. The van der Waals surface area contributed by atoms with Crippen LogP contribution in [0.15, 0.2) is 24.0 Å². The van der Waals surface area contributed by atoms with E-state index in [1.807, 2.05) is 12.3 Å². The molecular weight excluding hydrogens is 246 g/mol. The largest absolute Gasteiger partial charge is 0.405 e.